The number of hydrogen-bond donors (Lipinski definition) is 1. The number of aromatic nitrogens is 2. The molecule has 1 aromatic rings. The minimum Gasteiger partial charge on any atom is -0.314 e. The van der Waals surface area contributed by atoms with Gasteiger partial charge in [0.2, 0.25) is 0 Å². The third-order valence-corrected chi connectivity index (χ3v) is 2.68. The highest BCUT2D eigenvalue weighted by atomic mass is 15.0. The van der Waals surface area contributed by atoms with Crippen molar-refractivity contribution in [3.63, 3.8) is 0 Å². The molecule has 1 heterocycles. The second-order valence-corrected chi connectivity index (χ2v) is 4.53. The summed E-state index contributed by atoms with van der Waals surface area (Å²) in [6.07, 6.45) is 5.49. The van der Waals surface area contributed by atoms with Crippen LogP contribution in [0.4, 0.5) is 0 Å². The fourth-order valence-electron chi connectivity index (χ4n) is 1.53. The summed E-state index contributed by atoms with van der Waals surface area (Å²) in [5.41, 5.74) is 1.14. The zero-order valence-corrected chi connectivity index (χ0v) is 9.53. The van der Waals surface area contributed by atoms with Crippen molar-refractivity contribution >= 4 is 0 Å². The maximum atomic E-state index is 4.54. The van der Waals surface area contributed by atoms with Crippen molar-refractivity contribution in [3.05, 3.63) is 23.8 Å². The van der Waals surface area contributed by atoms with Crippen molar-refractivity contribution < 1.29 is 0 Å². The summed E-state index contributed by atoms with van der Waals surface area (Å²) >= 11 is 0. The van der Waals surface area contributed by atoms with E-state index in [1.54, 1.807) is 0 Å². The minimum absolute atomic E-state index is 0.489. The van der Waals surface area contributed by atoms with Gasteiger partial charge in [0.15, 0.2) is 0 Å². The van der Waals surface area contributed by atoms with E-state index in [0.29, 0.717) is 5.92 Å². The standard InChI is InChI=1S/C12H19N3/c1-9(2)11-5-7-14-12(15-11)6-8-13-10-3-4-10/h5,7,9-10,13H,3-4,6,8H2,1-2H3. The summed E-state index contributed by atoms with van der Waals surface area (Å²) in [7, 11) is 0. The van der Waals surface area contributed by atoms with Gasteiger partial charge in [-0.25, -0.2) is 9.97 Å². The van der Waals surface area contributed by atoms with Crippen LogP contribution in [0.2, 0.25) is 0 Å². The second-order valence-electron chi connectivity index (χ2n) is 4.53. The molecular weight excluding hydrogens is 186 g/mol. The van der Waals surface area contributed by atoms with Crippen LogP contribution in [0.3, 0.4) is 0 Å². The smallest absolute Gasteiger partial charge is 0.129 e. The van der Waals surface area contributed by atoms with E-state index < -0.39 is 0 Å². The molecule has 1 aliphatic rings. The summed E-state index contributed by atoms with van der Waals surface area (Å²) < 4.78 is 0. The molecular formula is C12H19N3. The van der Waals surface area contributed by atoms with Gasteiger partial charge in [-0.05, 0) is 24.8 Å². The van der Waals surface area contributed by atoms with Crippen LogP contribution in [-0.2, 0) is 6.42 Å². The van der Waals surface area contributed by atoms with Gasteiger partial charge in [0.1, 0.15) is 5.82 Å². The third-order valence-electron chi connectivity index (χ3n) is 2.68. The molecule has 1 aromatic heterocycles. The summed E-state index contributed by atoms with van der Waals surface area (Å²) in [5, 5.41) is 3.47. The molecule has 0 spiro atoms. The fourth-order valence-corrected chi connectivity index (χ4v) is 1.53. The Balaban J connectivity index is 1.86. The van der Waals surface area contributed by atoms with Gasteiger partial charge in [-0.15, -0.1) is 0 Å². The van der Waals surface area contributed by atoms with E-state index in [1.165, 1.54) is 12.8 Å². The van der Waals surface area contributed by atoms with E-state index in [2.05, 4.69) is 29.1 Å². The molecule has 0 amide bonds. The number of nitrogens with one attached hydrogen (secondary N) is 1. The van der Waals surface area contributed by atoms with E-state index >= 15 is 0 Å². The molecule has 1 aliphatic carbocycles. The van der Waals surface area contributed by atoms with Crippen molar-refractivity contribution in [2.45, 2.75) is 45.1 Å². The highest BCUT2D eigenvalue weighted by Gasteiger charge is 2.19. The van der Waals surface area contributed by atoms with Crippen LogP contribution in [0.1, 0.15) is 44.1 Å². The van der Waals surface area contributed by atoms with E-state index in [-0.39, 0.29) is 0 Å². The molecule has 1 fully saturated rings. The number of hydrogen-bond acceptors (Lipinski definition) is 3. The average molecular weight is 205 g/mol. The SMILES string of the molecule is CC(C)c1ccnc(CCNC2CC2)n1. The number of rotatable bonds is 5. The Morgan fingerprint density at radius 3 is 2.93 bits per heavy atom. The zero-order chi connectivity index (χ0) is 10.7. The lowest BCUT2D eigenvalue weighted by molar-refractivity contribution is 0.660. The van der Waals surface area contributed by atoms with Gasteiger partial charge in [0.25, 0.3) is 0 Å². The molecule has 0 bridgehead atoms. The van der Waals surface area contributed by atoms with Gasteiger partial charge in [-0.3, -0.25) is 0 Å². The van der Waals surface area contributed by atoms with Gasteiger partial charge >= 0.3 is 0 Å². The van der Waals surface area contributed by atoms with Gasteiger partial charge in [-0.2, -0.15) is 0 Å². The Morgan fingerprint density at radius 1 is 1.47 bits per heavy atom. The second kappa shape index (κ2) is 4.71. The van der Waals surface area contributed by atoms with Crippen LogP contribution in [-0.4, -0.2) is 22.6 Å². The molecule has 0 aliphatic heterocycles. The lowest BCUT2D eigenvalue weighted by Gasteiger charge is -2.06. The summed E-state index contributed by atoms with van der Waals surface area (Å²) in [5.74, 6) is 1.46. The molecule has 1 N–H and O–H groups in total. The van der Waals surface area contributed by atoms with Gasteiger partial charge < -0.3 is 5.32 Å². The fraction of sp³-hybridized carbons (Fsp3) is 0.667. The van der Waals surface area contributed by atoms with Crippen LogP contribution in [0.15, 0.2) is 12.3 Å². The Bertz CT molecular complexity index is 318. The third kappa shape index (κ3) is 3.27. The molecule has 3 nitrogen and oxygen atoms in total. The quantitative estimate of drug-likeness (QED) is 0.797. The maximum absolute atomic E-state index is 4.54. The van der Waals surface area contributed by atoms with Gasteiger partial charge in [0, 0.05) is 30.9 Å². The van der Waals surface area contributed by atoms with Crippen molar-refractivity contribution in [1.29, 1.82) is 0 Å². The summed E-state index contributed by atoms with van der Waals surface area (Å²) in [6.45, 7) is 5.33. The molecule has 0 saturated heterocycles. The Kier molecular flexibility index (Phi) is 3.31. The largest absolute Gasteiger partial charge is 0.314 e. The molecule has 0 aromatic carbocycles. The molecule has 1 saturated carbocycles. The van der Waals surface area contributed by atoms with Gasteiger partial charge in [0.05, 0.1) is 0 Å². The van der Waals surface area contributed by atoms with Crippen molar-refractivity contribution in [2.75, 3.05) is 6.54 Å². The topological polar surface area (TPSA) is 37.8 Å². The van der Waals surface area contributed by atoms with Crippen molar-refractivity contribution in [3.8, 4) is 0 Å². The first-order valence-corrected chi connectivity index (χ1v) is 5.81. The highest BCUT2D eigenvalue weighted by Crippen LogP contribution is 2.18. The zero-order valence-electron chi connectivity index (χ0n) is 9.53. The Labute approximate surface area is 91.3 Å². The predicted molar refractivity (Wildman–Crippen MR) is 60.8 cm³/mol. The molecule has 0 radical (unpaired) electrons. The molecule has 0 unspecified atom stereocenters. The van der Waals surface area contributed by atoms with E-state index in [0.717, 1.165) is 30.5 Å². The predicted octanol–water partition coefficient (Wildman–Crippen LogP) is 1.89. The summed E-state index contributed by atoms with van der Waals surface area (Å²) in [6, 6.07) is 2.78. The highest BCUT2D eigenvalue weighted by molar-refractivity contribution is 5.06. The lowest BCUT2D eigenvalue weighted by atomic mass is 10.1. The molecule has 0 atom stereocenters. The van der Waals surface area contributed by atoms with E-state index in [4.69, 9.17) is 0 Å². The van der Waals surface area contributed by atoms with Crippen LogP contribution >= 0.6 is 0 Å². The average Bonchev–Trinajstić information content (AvgIpc) is 3.02. The number of nitrogens with zero attached hydrogens (tertiary/aromatic N) is 2. The molecule has 2 rings (SSSR count). The minimum atomic E-state index is 0.489. The van der Waals surface area contributed by atoms with Crippen molar-refractivity contribution in [1.82, 2.24) is 15.3 Å². The van der Waals surface area contributed by atoms with Crippen molar-refractivity contribution in [2.24, 2.45) is 0 Å². The van der Waals surface area contributed by atoms with Crippen LogP contribution in [0, 0.1) is 0 Å². The van der Waals surface area contributed by atoms with E-state index in [9.17, 15) is 0 Å². The molecule has 15 heavy (non-hydrogen) atoms. The van der Waals surface area contributed by atoms with E-state index in [1.807, 2.05) is 12.3 Å². The van der Waals surface area contributed by atoms with Crippen LogP contribution < -0.4 is 5.32 Å². The Morgan fingerprint density at radius 2 is 2.27 bits per heavy atom. The monoisotopic (exact) mass is 205 g/mol. The first-order chi connectivity index (χ1) is 7.25. The molecule has 82 valence electrons. The maximum Gasteiger partial charge on any atom is 0.129 e. The normalized spacial score (nSPS) is 15.9. The van der Waals surface area contributed by atoms with Gasteiger partial charge in [-0.1, -0.05) is 13.8 Å². The Hall–Kier alpha value is -0.960. The summed E-state index contributed by atoms with van der Waals surface area (Å²) in [4.78, 5) is 8.83. The lowest BCUT2D eigenvalue weighted by Crippen LogP contribution is -2.20. The van der Waals surface area contributed by atoms with Crippen LogP contribution in [0.5, 0.6) is 0 Å². The molecule has 3 heteroatoms. The van der Waals surface area contributed by atoms with Crippen LogP contribution in [0.25, 0.3) is 0 Å². The first-order valence-electron chi connectivity index (χ1n) is 5.81. The first kappa shape index (κ1) is 10.6.